The molecule has 0 N–H and O–H groups in total. The normalized spacial score (nSPS) is 42.7. The Kier molecular flexibility index (Phi) is 3.44. The van der Waals surface area contributed by atoms with Gasteiger partial charge in [0, 0.05) is 16.3 Å². The molecule has 15 heavy (non-hydrogen) atoms. The zero-order valence-electron chi connectivity index (χ0n) is 9.76. The fourth-order valence-corrected chi connectivity index (χ4v) is 4.42. The average molecular weight is 320 g/mol. The quantitative estimate of drug-likeness (QED) is 0.558. The summed E-state index contributed by atoms with van der Waals surface area (Å²) in [5.74, 6) is 2.87. The minimum atomic E-state index is 0.0585. The Morgan fingerprint density at radius 3 is 2.93 bits per heavy atom. The fraction of sp³-hybridized carbons (Fsp3) is 0.923. The van der Waals surface area contributed by atoms with Crippen molar-refractivity contribution in [2.45, 2.75) is 46.0 Å². The lowest BCUT2D eigenvalue weighted by atomic mass is 9.65. The molecule has 2 aliphatic carbocycles. The number of alkyl halides is 1. The van der Waals surface area contributed by atoms with Crippen molar-refractivity contribution in [1.82, 2.24) is 0 Å². The molecular formula is C13H21IO. The van der Waals surface area contributed by atoms with Gasteiger partial charge in [-0.05, 0) is 43.4 Å². The molecule has 0 aromatic heterocycles. The lowest BCUT2D eigenvalue weighted by Gasteiger charge is -2.38. The van der Waals surface area contributed by atoms with Crippen LogP contribution in [0.4, 0.5) is 0 Å². The van der Waals surface area contributed by atoms with E-state index in [1.165, 1.54) is 17.3 Å². The second-order valence-electron chi connectivity index (χ2n) is 5.67. The van der Waals surface area contributed by atoms with Crippen LogP contribution in [-0.2, 0) is 4.79 Å². The molecule has 2 heteroatoms. The molecule has 2 fully saturated rings. The molecule has 4 unspecified atom stereocenters. The van der Waals surface area contributed by atoms with Crippen LogP contribution in [0.3, 0.4) is 0 Å². The molecule has 0 heterocycles. The number of rotatable bonds is 2. The summed E-state index contributed by atoms with van der Waals surface area (Å²) >= 11 is 2.49. The molecule has 0 saturated heterocycles. The van der Waals surface area contributed by atoms with Gasteiger partial charge < -0.3 is 0 Å². The Morgan fingerprint density at radius 2 is 2.27 bits per heavy atom. The van der Waals surface area contributed by atoms with Crippen LogP contribution in [-0.4, -0.2) is 10.2 Å². The number of fused-ring (bicyclic) bond motifs is 1. The zero-order valence-corrected chi connectivity index (χ0v) is 11.9. The molecule has 2 rings (SSSR count). The van der Waals surface area contributed by atoms with Crippen molar-refractivity contribution in [3.63, 3.8) is 0 Å². The summed E-state index contributed by atoms with van der Waals surface area (Å²) in [5.41, 5.74) is 0.0585. The van der Waals surface area contributed by atoms with Gasteiger partial charge in [0.05, 0.1) is 0 Å². The first-order valence-corrected chi connectivity index (χ1v) is 7.71. The third-order valence-electron chi connectivity index (χ3n) is 4.86. The van der Waals surface area contributed by atoms with E-state index < -0.39 is 0 Å². The van der Waals surface area contributed by atoms with E-state index in [4.69, 9.17) is 0 Å². The van der Waals surface area contributed by atoms with Crippen LogP contribution in [0, 0.1) is 23.2 Å². The number of carbonyl (C=O) groups is 1. The Balaban J connectivity index is 2.18. The number of Topliss-reactive ketones (excluding diaryl/α,β-unsaturated/α-hetero) is 1. The van der Waals surface area contributed by atoms with E-state index in [0.29, 0.717) is 11.7 Å². The largest absolute Gasteiger partial charge is 0.299 e. The van der Waals surface area contributed by atoms with E-state index in [9.17, 15) is 4.79 Å². The Morgan fingerprint density at radius 1 is 1.53 bits per heavy atom. The van der Waals surface area contributed by atoms with Crippen molar-refractivity contribution in [3.05, 3.63) is 0 Å². The SMILES string of the molecule is CC(CI)C1CCC2(C)C(=O)CCCC12. The van der Waals surface area contributed by atoms with E-state index in [2.05, 4.69) is 36.4 Å². The number of hydrogen-bond acceptors (Lipinski definition) is 1. The Labute approximate surface area is 107 Å². The molecule has 4 atom stereocenters. The van der Waals surface area contributed by atoms with Crippen LogP contribution in [0.25, 0.3) is 0 Å². The lowest BCUT2D eigenvalue weighted by Crippen LogP contribution is -2.38. The highest BCUT2D eigenvalue weighted by molar-refractivity contribution is 14.1. The molecule has 86 valence electrons. The van der Waals surface area contributed by atoms with E-state index in [1.54, 1.807) is 0 Å². The smallest absolute Gasteiger partial charge is 0.139 e. The molecule has 0 radical (unpaired) electrons. The summed E-state index contributed by atoms with van der Waals surface area (Å²) < 4.78 is 1.24. The number of ketones is 1. The molecule has 1 nitrogen and oxygen atoms in total. The van der Waals surface area contributed by atoms with Crippen molar-refractivity contribution < 1.29 is 4.79 Å². The van der Waals surface area contributed by atoms with Crippen LogP contribution < -0.4 is 0 Å². The van der Waals surface area contributed by atoms with Gasteiger partial charge >= 0.3 is 0 Å². The maximum Gasteiger partial charge on any atom is 0.139 e. The summed E-state index contributed by atoms with van der Waals surface area (Å²) in [4.78, 5) is 12.1. The van der Waals surface area contributed by atoms with Gasteiger partial charge in [0.15, 0.2) is 0 Å². The zero-order chi connectivity index (χ0) is 11.1. The minimum absolute atomic E-state index is 0.0585. The highest BCUT2D eigenvalue weighted by Crippen LogP contribution is 2.55. The topological polar surface area (TPSA) is 17.1 Å². The molecule has 2 aliphatic rings. The molecule has 0 aromatic carbocycles. The van der Waals surface area contributed by atoms with Crippen molar-refractivity contribution >= 4 is 28.4 Å². The van der Waals surface area contributed by atoms with E-state index in [0.717, 1.165) is 31.1 Å². The first-order valence-electron chi connectivity index (χ1n) is 6.19. The monoisotopic (exact) mass is 320 g/mol. The van der Waals surface area contributed by atoms with Gasteiger partial charge in [-0.1, -0.05) is 36.4 Å². The summed E-state index contributed by atoms with van der Waals surface area (Å²) in [6.45, 7) is 4.60. The van der Waals surface area contributed by atoms with Gasteiger partial charge in [0.25, 0.3) is 0 Å². The highest BCUT2D eigenvalue weighted by atomic mass is 127. The van der Waals surface area contributed by atoms with E-state index >= 15 is 0 Å². The molecule has 0 amide bonds. The molecule has 0 aromatic rings. The molecule has 0 aliphatic heterocycles. The summed E-state index contributed by atoms with van der Waals surface area (Å²) in [6.07, 6.45) is 5.73. The minimum Gasteiger partial charge on any atom is -0.299 e. The molecule has 0 spiro atoms. The van der Waals surface area contributed by atoms with Crippen LogP contribution in [0.5, 0.6) is 0 Å². The van der Waals surface area contributed by atoms with Gasteiger partial charge in [-0.3, -0.25) is 4.79 Å². The van der Waals surface area contributed by atoms with E-state index in [1.807, 2.05) is 0 Å². The maximum atomic E-state index is 12.1. The Bertz CT molecular complexity index is 263. The van der Waals surface area contributed by atoms with Crippen molar-refractivity contribution in [2.24, 2.45) is 23.2 Å². The first-order chi connectivity index (χ1) is 7.09. The molecular weight excluding hydrogens is 299 g/mol. The van der Waals surface area contributed by atoms with Gasteiger partial charge in [-0.25, -0.2) is 0 Å². The van der Waals surface area contributed by atoms with Crippen LogP contribution in [0.2, 0.25) is 0 Å². The van der Waals surface area contributed by atoms with Crippen LogP contribution in [0.1, 0.15) is 46.0 Å². The number of carbonyl (C=O) groups excluding carboxylic acids is 1. The number of halogens is 1. The van der Waals surface area contributed by atoms with Crippen molar-refractivity contribution in [2.75, 3.05) is 4.43 Å². The van der Waals surface area contributed by atoms with Crippen molar-refractivity contribution in [1.29, 1.82) is 0 Å². The molecule has 2 saturated carbocycles. The van der Waals surface area contributed by atoms with Crippen molar-refractivity contribution in [3.8, 4) is 0 Å². The highest BCUT2D eigenvalue weighted by Gasteiger charge is 2.51. The second-order valence-corrected chi connectivity index (χ2v) is 6.55. The molecule has 0 bridgehead atoms. The lowest BCUT2D eigenvalue weighted by molar-refractivity contribution is -0.133. The van der Waals surface area contributed by atoms with Gasteiger partial charge in [-0.15, -0.1) is 0 Å². The Hall–Kier alpha value is 0.400. The third kappa shape index (κ3) is 1.87. The fourth-order valence-electron chi connectivity index (χ4n) is 3.77. The standard InChI is InChI=1S/C13H21IO/c1-9(8-14)10-6-7-13(2)11(10)4-3-5-12(13)15/h9-11H,3-8H2,1-2H3. The van der Waals surface area contributed by atoms with Gasteiger partial charge in [-0.2, -0.15) is 0 Å². The van der Waals surface area contributed by atoms with Crippen LogP contribution >= 0.6 is 22.6 Å². The number of hydrogen-bond donors (Lipinski definition) is 0. The van der Waals surface area contributed by atoms with Crippen LogP contribution in [0.15, 0.2) is 0 Å². The third-order valence-corrected chi connectivity index (χ3v) is 6.25. The van der Waals surface area contributed by atoms with Gasteiger partial charge in [0.2, 0.25) is 0 Å². The summed E-state index contributed by atoms with van der Waals surface area (Å²) in [6, 6.07) is 0. The summed E-state index contributed by atoms with van der Waals surface area (Å²) in [7, 11) is 0. The predicted octanol–water partition coefficient (Wildman–Crippen LogP) is 3.84. The first kappa shape index (κ1) is 11.9. The summed E-state index contributed by atoms with van der Waals surface area (Å²) in [5, 5.41) is 0. The average Bonchev–Trinajstić information content (AvgIpc) is 2.57. The van der Waals surface area contributed by atoms with Gasteiger partial charge in [0.1, 0.15) is 5.78 Å². The maximum absolute atomic E-state index is 12.1. The predicted molar refractivity (Wildman–Crippen MR) is 71.2 cm³/mol. The second kappa shape index (κ2) is 4.34. The van der Waals surface area contributed by atoms with E-state index in [-0.39, 0.29) is 5.41 Å².